The molecule has 1 heterocycles. The number of aromatic nitrogens is 2. The van der Waals surface area contributed by atoms with Gasteiger partial charge in [0.05, 0.1) is 11.2 Å². The van der Waals surface area contributed by atoms with Crippen LogP contribution in [-0.2, 0) is 0 Å². The molecule has 3 nitrogen and oxygen atoms in total. The highest BCUT2D eigenvalue weighted by molar-refractivity contribution is 6.43. The van der Waals surface area contributed by atoms with Crippen molar-refractivity contribution in [3.05, 3.63) is 78.9 Å². The first kappa shape index (κ1) is 14.6. The minimum Gasteiger partial charge on any atom is -0.447 e. The zero-order chi connectivity index (χ0) is 16.4. The molecule has 113 valence electrons. The molecule has 0 spiro atoms. The lowest BCUT2D eigenvalue weighted by atomic mass is 9.98. The molecule has 4 aromatic rings. The van der Waals surface area contributed by atoms with Crippen molar-refractivity contribution in [2.24, 2.45) is 0 Å². The number of rotatable bonds is 3. The van der Waals surface area contributed by atoms with Gasteiger partial charge in [-0.25, -0.2) is 9.97 Å². The number of nitrogens with zero attached hydrogens (tertiary/aromatic N) is 2. The summed E-state index contributed by atoms with van der Waals surface area (Å²) in [4.78, 5) is 8.80. The van der Waals surface area contributed by atoms with E-state index >= 15 is 0 Å². The highest BCUT2D eigenvalue weighted by Gasteiger charge is 2.10. The Labute approximate surface area is 140 Å². The number of fused-ring (bicyclic) bond motifs is 1. The van der Waals surface area contributed by atoms with Crippen LogP contribution in [-0.4, -0.2) is 22.5 Å². The van der Waals surface area contributed by atoms with Crippen molar-refractivity contribution in [1.29, 1.82) is 0 Å². The van der Waals surface area contributed by atoms with Gasteiger partial charge in [-0.1, -0.05) is 72.8 Å². The molecule has 0 aliphatic rings. The zero-order valence-electron chi connectivity index (χ0n) is 12.9. The summed E-state index contributed by atoms with van der Waals surface area (Å²) in [5.74, 6) is 0. The molecule has 0 aliphatic carbocycles. The second kappa shape index (κ2) is 6.26. The average molecular weight is 309 g/mol. The summed E-state index contributed by atoms with van der Waals surface area (Å²) in [6.07, 6.45) is 0. The van der Waals surface area contributed by atoms with E-state index in [2.05, 4.69) is 46.4 Å². The molecule has 0 saturated heterocycles. The fourth-order valence-corrected chi connectivity index (χ4v) is 2.82. The van der Waals surface area contributed by atoms with Gasteiger partial charge in [0.1, 0.15) is 5.72 Å². The van der Waals surface area contributed by atoms with Gasteiger partial charge in [-0.05, 0) is 17.2 Å². The fraction of sp³-hybridized carbons (Fsp3) is 0. The van der Waals surface area contributed by atoms with Crippen LogP contribution < -0.4 is 5.72 Å². The Morgan fingerprint density at radius 2 is 1.25 bits per heavy atom. The smallest absolute Gasteiger partial charge is 0.375 e. The van der Waals surface area contributed by atoms with Crippen molar-refractivity contribution in [2.45, 2.75) is 0 Å². The Hall–Kier alpha value is -2.98. The van der Waals surface area contributed by atoms with E-state index in [9.17, 15) is 5.02 Å². The number of hydrogen-bond acceptors (Lipinski definition) is 3. The average Bonchev–Trinajstić information content (AvgIpc) is 2.68. The second-order valence-corrected chi connectivity index (χ2v) is 5.52. The lowest BCUT2D eigenvalue weighted by molar-refractivity contribution is 0.613. The lowest BCUT2D eigenvalue weighted by Crippen LogP contribution is -2.22. The largest absolute Gasteiger partial charge is 0.447 e. The van der Waals surface area contributed by atoms with Crippen molar-refractivity contribution < 1.29 is 5.02 Å². The molecule has 0 aliphatic heterocycles. The molecule has 0 atom stereocenters. The monoisotopic (exact) mass is 309 g/mol. The van der Waals surface area contributed by atoms with Crippen LogP contribution in [0.4, 0.5) is 0 Å². The standard InChI is InChI=1S/C20H14BN2O/c24-21-20-22-18-9-5-4-8-17(18)19(23-20)16-12-10-15(11-13-16)14-6-2-1-3-7-14/h1-13,24H. The van der Waals surface area contributed by atoms with Crippen LogP contribution in [0.25, 0.3) is 33.3 Å². The van der Waals surface area contributed by atoms with Crippen molar-refractivity contribution in [1.82, 2.24) is 9.97 Å². The number of para-hydroxylation sites is 1. The fourth-order valence-electron chi connectivity index (χ4n) is 2.82. The topological polar surface area (TPSA) is 46.0 Å². The molecule has 0 fully saturated rings. The van der Waals surface area contributed by atoms with E-state index in [0.717, 1.165) is 35.2 Å². The van der Waals surface area contributed by atoms with Crippen molar-refractivity contribution in [3.63, 3.8) is 0 Å². The minimum absolute atomic E-state index is 0.316. The molecule has 4 heteroatoms. The Balaban J connectivity index is 1.83. The van der Waals surface area contributed by atoms with Crippen molar-refractivity contribution >= 4 is 24.1 Å². The van der Waals surface area contributed by atoms with E-state index in [0.29, 0.717) is 5.72 Å². The zero-order valence-corrected chi connectivity index (χ0v) is 12.9. The van der Waals surface area contributed by atoms with Crippen molar-refractivity contribution in [3.8, 4) is 22.4 Å². The van der Waals surface area contributed by atoms with E-state index in [-0.39, 0.29) is 0 Å². The van der Waals surface area contributed by atoms with Gasteiger partial charge in [0.15, 0.2) is 0 Å². The predicted octanol–water partition coefficient (Wildman–Crippen LogP) is 3.20. The van der Waals surface area contributed by atoms with Gasteiger partial charge in [0.2, 0.25) is 0 Å². The molecule has 0 amide bonds. The summed E-state index contributed by atoms with van der Waals surface area (Å²) in [7, 11) is 0.939. The highest BCUT2D eigenvalue weighted by atomic mass is 16.2. The van der Waals surface area contributed by atoms with E-state index in [1.165, 1.54) is 5.56 Å². The summed E-state index contributed by atoms with van der Waals surface area (Å²) in [6, 6.07) is 26.4. The normalized spacial score (nSPS) is 10.7. The minimum atomic E-state index is 0.316. The lowest BCUT2D eigenvalue weighted by Gasteiger charge is -2.09. The highest BCUT2D eigenvalue weighted by Crippen LogP contribution is 2.27. The Morgan fingerprint density at radius 1 is 0.625 bits per heavy atom. The molecule has 3 aromatic carbocycles. The molecule has 1 aromatic heterocycles. The molecule has 0 unspecified atom stereocenters. The summed E-state index contributed by atoms with van der Waals surface area (Å²) >= 11 is 0. The van der Waals surface area contributed by atoms with E-state index in [1.807, 2.05) is 42.5 Å². The summed E-state index contributed by atoms with van der Waals surface area (Å²) in [6.45, 7) is 0. The first-order chi connectivity index (χ1) is 11.8. The Bertz CT molecular complexity index is 985. The van der Waals surface area contributed by atoms with E-state index in [4.69, 9.17) is 0 Å². The maximum Gasteiger partial charge on any atom is 0.375 e. The SMILES string of the molecule is O[B]c1nc(-c2ccc(-c3ccccc3)cc2)c2ccccc2n1. The van der Waals surface area contributed by atoms with Crippen LogP contribution in [0.3, 0.4) is 0 Å². The maximum absolute atomic E-state index is 9.31. The quantitative estimate of drug-likeness (QED) is 0.591. The second-order valence-electron chi connectivity index (χ2n) is 5.52. The van der Waals surface area contributed by atoms with Gasteiger partial charge in [-0.15, -0.1) is 0 Å². The van der Waals surface area contributed by atoms with Gasteiger partial charge in [0.25, 0.3) is 0 Å². The van der Waals surface area contributed by atoms with Crippen LogP contribution in [0.5, 0.6) is 0 Å². The molecule has 1 N–H and O–H groups in total. The first-order valence-corrected chi connectivity index (χ1v) is 7.75. The molecule has 4 rings (SSSR count). The van der Waals surface area contributed by atoms with E-state index in [1.54, 1.807) is 0 Å². The van der Waals surface area contributed by atoms with Crippen LogP contribution in [0, 0.1) is 0 Å². The van der Waals surface area contributed by atoms with E-state index < -0.39 is 0 Å². The van der Waals surface area contributed by atoms with Gasteiger partial charge in [-0.2, -0.15) is 0 Å². The van der Waals surface area contributed by atoms with Gasteiger partial charge in [-0.3, -0.25) is 0 Å². The van der Waals surface area contributed by atoms with Crippen LogP contribution in [0.15, 0.2) is 78.9 Å². The summed E-state index contributed by atoms with van der Waals surface area (Å²) in [5.41, 5.74) is 5.29. The van der Waals surface area contributed by atoms with Gasteiger partial charge in [0, 0.05) is 10.9 Å². The van der Waals surface area contributed by atoms with Gasteiger partial charge >= 0.3 is 7.48 Å². The maximum atomic E-state index is 9.31. The van der Waals surface area contributed by atoms with Crippen LogP contribution >= 0.6 is 0 Å². The molecule has 24 heavy (non-hydrogen) atoms. The summed E-state index contributed by atoms with van der Waals surface area (Å²) in [5, 5.41) is 10.3. The van der Waals surface area contributed by atoms with Crippen LogP contribution in [0.2, 0.25) is 0 Å². The third kappa shape index (κ3) is 2.68. The molecule has 1 radical (unpaired) electrons. The third-order valence-corrected chi connectivity index (χ3v) is 4.00. The predicted molar refractivity (Wildman–Crippen MR) is 98.0 cm³/mol. The molecular formula is C20H14BN2O. The van der Waals surface area contributed by atoms with Crippen LogP contribution in [0.1, 0.15) is 0 Å². The van der Waals surface area contributed by atoms with Crippen molar-refractivity contribution in [2.75, 3.05) is 0 Å². The molecular weight excluding hydrogens is 295 g/mol. The Kier molecular flexibility index (Phi) is 3.81. The van der Waals surface area contributed by atoms with Gasteiger partial charge < -0.3 is 5.02 Å². The molecule has 0 bridgehead atoms. The first-order valence-electron chi connectivity index (χ1n) is 7.75. The Morgan fingerprint density at radius 3 is 2.00 bits per heavy atom. The number of hydrogen-bond donors (Lipinski definition) is 1. The third-order valence-electron chi connectivity index (χ3n) is 4.00. The number of benzene rings is 3. The molecule has 0 saturated carbocycles. The summed E-state index contributed by atoms with van der Waals surface area (Å²) < 4.78 is 0.